The van der Waals surface area contributed by atoms with Crippen molar-refractivity contribution in [3.8, 4) is 0 Å². The van der Waals surface area contributed by atoms with Gasteiger partial charge < -0.3 is 10.8 Å². The summed E-state index contributed by atoms with van der Waals surface area (Å²) in [5.74, 6) is -0.484. The van der Waals surface area contributed by atoms with Gasteiger partial charge in [-0.2, -0.15) is 0 Å². The molecular weight excluding hydrogens is 182 g/mol. The van der Waals surface area contributed by atoms with E-state index in [2.05, 4.69) is 9.97 Å². The molecule has 1 aromatic rings. The Bertz CT molecular complexity index is 350. The molecule has 5 nitrogen and oxygen atoms in total. The molecule has 1 aromatic heterocycles. The molecule has 0 aromatic carbocycles. The topological polar surface area (TPSA) is 89.1 Å². The van der Waals surface area contributed by atoms with Crippen molar-refractivity contribution in [3.63, 3.8) is 0 Å². The smallest absolute Gasteiger partial charge is 0.354 e. The molecule has 0 spiro atoms. The molecule has 3 N–H and O–H groups in total. The molecule has 5 heteroatoms. The SMILES string of the molecule is CC(C)Cc1c(N)ncnc1C(=O)O. The van der Waals surface area contributed by atoms with Crippen molar-refractivity contribution >= 4 is 11.8 Å². The van der Waals surface area contributed by atoms with Crippen molar-refractivity contribution in [3.05, 3.63) is 17.6 Å². The zero-order valence-electron chi connectivity index (χ0n) is 8.19. The maximum absolute atomic E-state index is 10.8. The first kappa shape index (κ1) is 10.4. The van der Waals surface area contributed by atoms with Gasteiger partial charge in [-0.3, -0.25) is 0 Å². The van der Waals surface area contributed by atoms with E-state index in [1.54, 1.807) is 0 Å². The molecule has 0 aliphatic rings. The highest BCUT2D eigenvalue weighted by Crippen LogP contribution is 2.16. The summed E-state index contributed by atoms with van der Waals surface area (Å²) in [6.07, 6.45) is 1.75. The number of aromatic carboxylic acids is 1. The molecule has 76 valence electrons. The average Bonchev–Trinajstić information content (AvgIpc) is 2.07. The summed E-state index contributed by atoms with van der Waals surface area (Å²) < 4.78 is 0. The van der Waals surface area contributed by atoms with Gasteiger partial charge in [0.25, 0.3) is 0 Å². The third kappa shape index (κ3) is 2.18. The zero-order valence-corrected chi connectivity index (χ0v) is 8.19. The highest BCUT2D eigenvalue weighted by atomic mass is 16.4. The summed E-state index contributed by atoms with van der Waals surface area (Å²) >= 11 is 0. The van der Waals surface area contributed by atoms with Gasteiger partial charge in [0.15, 0.2) is 5.69 Å². The third-order valence-electron chi connectivity index (χ3n) is 1.79. The van der Waals surface area contributed by atoms with Gasteiger partial charge in [0.2, 0.25) is 0 Å². The van der Waals surface area contributed by atoms with Gasteiger partial charge in [0, 0.05) is 5.56 Å². The Kier molecular flexibility index (Phi) is 3.01. The summed E-state index contributed by atoms with van der Waals surface area (Å²) in [7, 11) is 0. The number of rotatable bonds is 3. The van der Waals surface area contributed by atoms with Crippen molar-refractivity contribution in [1.29, 1.82) is 0 Å². The first-order valence-corrected chi connectivity index (χ1v) is 4.35. The maximum atomic E-state index is 10.8. The Balaban J connectivity index is 3.15. The second kappa shape index (κ2) is 4.04. The standard InChI is InChI=1S/C9H13N3O2/c1-5(2)3-6-7(9(13)14)11-4-12-8(6)10/h4-5H,3H2,1-2H3,(H,13,14)(H2,10,11,12). The van der Waals surface area contributed by atoms with Crippen LogP contribution in [0.4, 0.5) is 5.82 Å². The lowest BCUT2D eigenvalue weighted by Gasteiger charge is -2.09. The number of hydrogen-bond donors (Lipinski definition) is 2. The Morgan fingerprint density at radius 3 is 2.71 bits per heavy atom. The van der Waals surface area contributed by atoms with E-state index in [1.807, 2.05) is 13.8 Å². The molecular formula is C9H13N3O2. The number of aromatic nitrogens is 2. The van der Waals surface area contributed by atoms with Crippen LogP contribution in [-0.4, -0.2) is 21.0 Å². The Hall–Kier alpha value is -1.65. The Morgan fingerprint density at radius 2 is 2.21 bits per heavy atom. The number of nitrogens with two attached hydrogens (primary N) is 1. The highest BCUT2D eigenvalue weighted by Gasteiger charge is 2.15. The largest absolute Gasteiger partial charge is 0.476 e. The lowest BCUT2D eigenvalue weighted by Crippen LogP contribution is -2.12. The Morgan fingerprint density at radius 1 is 1.57 bits per heavy atom. The van der Waals surface area contributed by atoms with Crippen molar-refractivity contribution < 1.29 is 9.90 Å². The molecule has 0 atom stereocenters. The number of carboxylic acids is 1. The molecule has 1 rings (SSSR count). The van der Waals surface area contributed by atoms with Gasteiger partial charge in [-0.1, -0.05) is 13.8 Å². The second-order valence-corrected chi connectivity index (χ2v) is 3.49. The van der Waals surface area contributed by atoms with Gasteiger partial charge in [-0.05, 0) is 12.3 Å². The van der Waals surface area contributed by atoms with E-state index in [-0.39, 0.29) is 11.5 Å². The van der Waals surface area contributed by atoms with Gasteiger partial charge in [-0.15, -0.1) is 0 Å². The first-order valence-electron chi connectivity index (χ1n) is 4.35. The van der Waals surface area contributed by atoms with Crippen LogP contribution in [0.2, 0.25) is 0 Å². The van der Waals surface area contributed by atoms with E-state index in [1.165, 1.54) is 6.33 Å². The quantitative estimate of drug-likeness (QED) is 0.749. The fourth-order valence-corrected chi connectivity index (χ4v) is 1.22. The second-order valence-electron chi connectivity index (χ2n) is 3.49. The van der Waals surface area contributed by atoms with E-state index < -0.39 is 5.97 Å². The lowest BCUT2D eigenvalue weighted by molar-refractivity contribution is 0.0689. The molecule has 0 amide bonds. The average molecular weight is 195 g/mol. The van der Waals surface area contributed by atoms with Crippen LogP contribution in [0.25, 0.3) is 0 Å². The number of hydrogen-bond acceptors (Lipinski definition) is 4. The minimum atomic E-state index is -1.06. The minimum absolute atomic E-state index is 0.00574. The van der Waals surface area contributed by atoms with Gasteiger partial charge in [0.1, 0.15) is 12.1 Å². The number of nitrogens with zero attached hydrogens (tertiary/aromatic N) is 2. The summed E-state index contributed by atoms with van der Waals surface area (Å²) in [6, 6.07) is 0. The lowest BCUT2D eigenvalue weighted by atomic mass is 10.0. The van der Waals surface area contributed by atoms with E-state index in [4.69, 9.17) is 10.8 Å². The van der Waals surface area contributed by atoms with Crippen LogP contribution in [0.5, 0.6) is 0 Å². The van der Waals surface area contributed by atoms with Crippen molar-refractivity contribution in [2.45, 2.75) is 20.3 Å². The zero-order chi connectivity index (χ0) is 10.7. The molecule has 1 heterocycles. The van der Waals surface area contributed by atoms with Gasteiger partial charge >= 0.3 is 5.97 Å². The molecule has 0 fully saturated rings. The van der Waals surface area contributed by atoms with Crippen LogP contribution in [0.1, 0.15) is 29.9 Å². The van der Waals surface area contributed by atoms with Crippen LogP contribution in [0.15, 0.2) is 6.33 Å². The molecule has 0 bridgehead atoms. The highest BCUT2D eigenvalue weighted by molar-refractivity contribution is 5.88. The van der Waals surface area contributed by atoms with E-state index in [0.29, 0.717) is 17.9 Å². The third-order valence-corrected chi connectivity index (χ3v) is 1.79. The molecule has 0 saturated heterocycles. The van der Waals surface area contributed by atoms with Crippen molar-refractivity contribution in [2.75, 3.05) is 5.73 Å². The monoisotopic (exact) mass is 195 g/mol. The molecule has 0 aliphatic carbocycles. The molecule has 0 aliphatic heterocycles. The van der Waals surface area contributed by atoms with Crippen LogP contribution in [-0.2, 0) is 6.42 Å². The predicted molar refractivity (Wildman–Crippen MR) is 51.9 cm³/mol. The number of carbonyl (C=O) groups is 1. The fraction of sp³-hybridized carbons (Fsp3) is 0.444. The molecule has 0 unspecified atom stereocenters. The summed E-state index contributed by atoms with van der Waals surface area (Å²) in [4.78, 5) is 18.3. The van der Waals surface area contributed by atoms with E-state index in [9.17, 15) is 4.79 Å². The van der Waals surface area contributed by atoms with E-state index in [0.717, 1.165) is 0 Å². The Labute approximate surface area is 82.0 Å². The fourth-order valence-electron chi connectivity index (χ4n) is 1.22. The maximum Gasteiger partial charge on any atom is 0.354 e. The first-order chi connectivity index (χ1) is 6.52. The van der Waals surface area contributed by atoms with Crippen LogP contribution < -0.4 is 5.73 Å². The van der Waals surface area contributed by atoms with Crippen LogP contribution >= 0.6 is 0 Å². The summed E-state index contributed by atoms with van der Waals surface area (Å²) in [5, 5.41) is 8.86. The van der Waals surface area contributed by atoms with Crippen molar-refractivity contribution in [2.24, 2.45) is 5.92 Å². The molecule has 14 heavy (non-hydrogen) atoms. The van der Waals surface area contributed by atoms with Crippen LogP contribution in [0, 0.1) is 5.92 Å². The van der Waals surface area contributed by atoms with Crippen LogP contribution in [0.3, 0.4) is 0 Å². The van der Waals surface area contributed by atoms with Gasteiger partial charge in [-0.25, -0.2) is 14.8 Å². The normalized spacial score (nSPS) is 10.5. The number of carboxylic acid groups (broad SMARTS) is 1. The summed E-state index contributed by atoms with van der Waals surface area (Å²) in [5.41, 5.74) is 6.12. The van der Waals surface area contributed by atoms with Gasteiger partial charge in [0.05, 0.1) is 0 Å². The number of anilines is 1. The number of nitrogen functional groups attached to an aromatic ring is 1. The molecule has 0 radical (unpaired) electrons. The van der Waals surface area contributed by atoms with E-state index >= 15 is 0 Å². The minimum Gasteiger partial charge on any atom is -0.476 e. The van der Waals surface area contributed by atoms with Crippen molar-refractivity contribution in [1.82, 2.24) is 9.97 Å². The molecule has 0 saturated carbocycles. The summed E-state index contributed by atoms with van der Waals surface area (Å²) in [6.45, 7) is 3.97. The predicted octanol–water partition coefficient (Wildman–Crippen LogP) is 0.956.